The van der Waals surface area contributed by atoms with Gasteiger partial charge in [-0.3, -0.25) is 23.3 Å². The van der Waals surface area contributed by atoms with Crippen molar-refractivity contribution in [2.75, 3.05) is 19.5 Å². The van der Waals surface area contributed by atoms with Crippen LogP contribution in [-0.4, -0.2) is 53.9 Å². The monoisotopic (exact) mass is 348 g/mol. The number of ether oxygens (including phenoxy) is 1. The van der Waals surface area contributed by atoms with E-state index in [9.17, 15) is 27.9 Å². The molecule has 2 rings (SSSR count). The van der Waals surface area contributed by atoms with E-state index in [0.29, 0.717) is 0 Å². The zero-order chi connectivity index (χ0) is 17.4. The Morgan fingerprint density at radius 3 is 2.70 bits per heavy atom. The number of rotatable bonds is 5. The van der Waals surface area contributed by atoms with Crippen molar-refractivity contribution in [2.45, 2.75) is 25.2 Å². The standard InChI is InChI=1S/C12H16N2O8S/c1-7-4-14(11(18)13-9(7)17)10-8(16)3-12(5-15,22-10)6-21-23(2,19)20/h4,10,15H,3,5-6H2,1-2H3,(H,13,17,18)/t10-,12+/m1/s1. The van der Waals surface area contributed by atoms with Crippen LogP contribution in [0.5, 0.6) is 0 Å². The van der Waals surface area contributed by atoms with E-state index in [2.05, 4.69) is 4.18 Å². The number of aryl methyl sites for hydroxylation is 1. The molecule has 1 fully saturated rings. The summed E-state index contributed by atoms with van der Waals surface area (Å²) in [5.74, 6) is -0.551. The van der Waals surface area contributed by atoms with Crippen molar-refractivity contribution in [3.05, 3.63) is 32.6 Å². The van der Waals surface area contributed by atoms with Gasteiger partial charge in [0.2, 0.25) is 0 Å². The fraction of sp³-hybridized carbons (Fsp3) is 0.583. The molecule has 1 aromatic rings. The van der Waals surface area contributed by atoms with Gasteiger partial charge in [0.25, 0.3) is 15.7 Å². The molecule has 0 unspecified atom stereocenters. The second kappa shape index (κ2) is 6.00. The summed E-state index contributed by atoms with van der Waals surface area (Å²) in [7, 11) is -3.80. The first-order chi connectivity index (χ1) is 10.6. The number of aliphatic hydroxyl groups is 1. The van der Waals surface area contributed by atoms with Gasteiger partial charge >= 0.3 is 5.69 Å². The lowest BCUT2D eigenvalue weighted by atomic mass is 10.0. The summed E-state index contributed by atoms with van der Waals surface area (Å²) < 4.78 is 33.1. The van der Waals surface area contributed by atoms with Gasteiger partial charge in [0.05, 0.1) is 19.5 Å². The number of aromatic nitrogens is 2. The van der Waals surface area contributed by atoms with Crippen LogP contribution < -0.4 is 11.2 Å². The van der Waals surface area contributed by atoms with E-state index in [-0.39, 0.29) is 12.0 Å². The molecule has 0 aliphatic carbocycles. The Bertz CT molecular complexity index is 839. The molecule has 0 bridgehead atoms. The van der Waals surface area contributed by atoms with Gasteiger partial charge in [-0.15, -0.1) is 0 Å². The van der Waals surface area contributed by atoms with Crippen molar-refractivity contribution in [3.8, 4) is 0 Å². The van der Waals surface area contributed by atoms with Gasteiger partial charge < -0.3 is 9.84 Å². The molecule has 1 aromatic heterocycles. The maximum Gasteiger partial charge on any atom is 0.330 e. The van der Waals surface area contributed by atoms with Crippen LogP contribution in [0.15, 0.2) is 15.8 Å². The second-order valence-corrected chi connectivity index (χ2v) is 7.04. The van der Waals surface area contributed by atoms with Gasteiger partial charge in [0.15, 0.2) is 12.0 Å². The van der Waals surface area contributed by atoms with E-state index >= 15 is 0 Å². The van der Waals surface area contributed by atoms with Gasteiger partial charge in [-0.1, -0.05) is 0 Å². The van der Waals surface area contributed by atoms with Crippen LogP contribution in [0.25, 0.3) is 0 Å². The highest BCUT2D eigenvalue weighted by molar-refractivity contribution is 7.85. The molecule has 0 spiro atoms. The highest BCUT2D eigenvalue weighted by atomic mass is 32.2. The Morgan fingerprint density at radius 2 is 2.13 bits per heavy atom. The zero-order valence-electron chi connectivity index (χ0n) is 12.4. The van der Waals surface area contributed by atoms with E-state index in [1.54, 1.807) is 0 Å². The van der Waals surface area contributed by atoms with Crippen LogP contribution in [0.2, 0.25) is 0 Å². The zero-order valence-corrected chi connectivity index (χ0v) is 13.3. The molecule has 0 amide bonds. The van der Waals surface area contributed by atoms with Crippen LogP contribution in [0, 0.1) is 6.92 Å². The number of H-pyrrole nitrogens is 1. The Morgan fingerprint density at radius 1 is 1.48 bits per heavy atom. The van der Waals surface area contributed by atoms with Crippen molar-refractivity contribution in [2.24, 2.45) is 0 Å². The molecule has 1 aliphatic rings. The fourth-order valence-corrected chi connectivity index (χ4v) is 2.59. The van der Waals surface area contributed by atoms with Crippen LogP contribution >= 0.6 is 0 Å². The maximum absolute atomic E-state index is 12.1. The molecule has 0 aromatic carbocycles. The molecule has 128 valence electrons. The molecular weight excluding hydrogens is 332 g/mol. The first kappa shape index (κ1) is 17.5. The normalized spacial score (nSPS) is 25.0. The van der Waals surface area contributed by atoms with Crippen LogP contribution in [0.1, 0.15) is 18.2 Å². The van der Waals surface area contributed by atoms with Gasteiger partial charge in [-0.2, -0.15) is 8.42 Å². The molecular formula is C12H16N2O8S. The van der Waals surface area contributed by atoms with Crippen LogP contribution in [0.4, 0.5) is 0 Å². The summed E-state index contributed by atoms with van der Waals surface area (Å²) in [5.41, 5.74) is -2.83. The lowest BCUT2D eigenvalue weighted by molar-refractivity contribution is -0.136. The third-order valence-corrected chi connectivity index (χ3v) is 3.90. The number of hydrogen-bond acceptors (Lipinski definition) is 8. The van der Waals surface area contributed by atoms with Gasteiger partial charge in [-0.05, 0) is 6.92 Å². The van der Waals surface area contributed by atoms with Gasteiger partial charge in [-0.25, -0.2) is 4.79 Å². The Labute approximate surface area is 130 Å². The molecule has 2 heterocycles. The van der Waals surface area contributed by atoms with Crippen LogP contribution in [0.3, 0.4) is 0 Å². The Balaban J connectivity index is 2.33. The van der Waals surface area contributed by atoms with E-state index in [1.807, 2.05) is 4.98 Å². The quantitative estimate of drug-likeness (QED) is 0.584. The summed E-state index contributed by atoms with van der Waals surface area (Å²) in [6.07, 6.45) is 0.263. The minimum atomic E-state index is -3.80. The topological polar surface area (TPSA) is 145 Å². The summed E-state index contributed by atoms with van der Waals surface area (Å²) in [5, 5.41) is 9.47. The number of Topliss-reactive ketones (excluding diaryl/α,β-unsaturated/α-hetero) is 1. The molecule has 0 saturated carbocycles. The number of carbonyl (C=O) groups is 1. The lowest BCUT2D eigenvalue weighted by Crippen LogP contribution is -2.40. The SMILES string of the molecule is Cc1cn([C@@H]2O[C@@](CO)(COS(C)(=O)=O)CC2=O)c(=O)[nH]c1=O. The number of hydrogen-bond donors (Lipinski definition) is 2. The Hall–Kier alpha value is -1.82. The number of ketones is 1. The average molecular weight is 348 g/mol. The minimum Gasteiger partial charge on any atom is -0.393 e. The lowest BCUT2D eigenvalue weighted by Gasteiger charge is -2.25. The van der Waals surface area contributed by atoms with E-state index in [0.717, 1.165) is 17.0 Å². The predicted molar refractivity (Wildman–Crippen MR) is 76.4 cm³/mol. The largest absolute Gasteiger partial charge is 0.393 e. The van der Waals surface area contributed by atoms with Gasteiger partial charge in [0.1, 0.15) is 5.60 Å². The number of nitrogens with one attached hydrogen (secondary N) is 1. The third-order valence-electron chi connectivity index (χ3n) is 3.36. The van der Waals surface area contributed by atoms with Gasteiger partial charge in [0, 0.05) is 18.2 Å². The third kappa shape index (κ3) is 3.75. The van der Waals surface area contributed by atoms with Crippen molar-refractivity contribution >= 4 is 15.9 Å². The van der Waals surface area contributed by atoms with Crippen molar-refractivity contribution in [1.82, 2.24) is 9.55 Å². The van der Waals surface area contributed by atoms with Crippen molar-refractivity contribution < 1.29 is 27.2 Å². The first-order valence-corrected chi connectivity index (χ1v) is 8.36. The maximum atomic E-state index is 12.1. The highest BCUT2D eigenvalue weighted by Gasteiger charge is 2.47. The van der Waals surface area contributed by atoms with Crippen LogP contribution in [-0.2, 0) is 23.8 Å². The summed E-state index contributed by atoms with van der Waals surface area (Å²) in [6, 6.07) is 0. The molecule has 2 atom stereocenters. The summed E-state index contributed by atoms with van der Waals surface area (Å²) >= 11 is 0. The number of carbonyl (C=O) groups excluding carboxylic acids is 1. The molecule has 11 heteroatoms. The van der Waals surface area contributed by atoms with E-state index in [1.165, 1.54) is 6.92 Å². The summed E-state index contributed by atoms with van der Waals surface area (Å²) in [6.45, 7) is 0.198. The average Bonchev–Trinajstić information content (AvgIpc) is 2.78. The second-order valence-electron chi connectivity index (χ2n) is 5.40. The molecule has 1 aliphatic heterocycles. The highest BCUT2D eigenvalue weighted by Crippen LogP contribution is 2.33. The molecule has 1 saturated heterocycles. The smallest absolute Gasteiger partial charge is 0.330 e. The molecule has 0 radical (unpaired) electrons. The first-order valence-electron chi connectivity index (χ1n) is 6.55. The number of aliphatic hydroxyl groups excluding tert-OH is 1. The van der Waals surface area contributed by atoms with E-state index in [4.69, 9.17) is 4.74 Å². The summed E-state index contributed by atoms with van der Waals surface area (Å²) in [4.78, 5) is 37.4. The van der Waals surface area contributed by atoms with Crippen molar-refractivity contribution in [3.63, 3.8) is 0 Å². The molecule has 2 N–H and O–H groups in total. The predicted octanol–water partition coefficient (Wildman–Crippen LogP) is -1.96. The number of aromatic amines is 1. The molecule has 23 heavy (non-hydrogen) atoms. The van der Waals surface area contributed by atoms with Crippen molar-refractivity contribution in [1.29, 1.82) is 0 Å². The Kier molecular flexibility index (Phi) is 4.57. The minimum absolute atomic E-state index is 0.190. The van der Waals surface area contributed by atoms with E-state index < -0.39 is 52.2 Å². The molecule has 10 nitrogen and oxygen atoms in total. The fourth-order valence-electron chi connectivity index (χ4n) is 2.16. The number of nitrogens with zero attached hydrogens (tertiary/aromatic N) is 1.